The number of nitrogens with zero attached hydrogens (tertiary/aromatic N) is 2. The molecule has 5 rings (SSSR count). The van der Waals surface area contributed by atoms with E-state index >= 15 is 0 Å². The number of likely N-dealkylation sites (N-methyl/N-ethyl adjacent to an activating group) is 1. The van der Waals surface area contributed by atoms with Crippen molar-refractivity contribution in [3.05, 3.63) is 70.1 Å². The molecule has 1 fully saturated rings. The van der Waals surface area contributed by atoms with Crippen LogP contribution in [0.5, 0.6) is 0 Å². The van der Waals surface area contributed by atoms with E-state index in [0.29, 0.717) is 21.3 Å². The molecule has 0 radical (unpaired) electrons. The molecule has 0 aromatic heterocycles. The molecule has 0 spiro atoms. The second-order valence-corrected chi connectivity index (χ2v) is 10.8. The molecule has 158 valence electrons. The number of anilines is 1. The Balaban J connectivity index is 1.79. The number of carbonyl (C=O) groups is 2. The van der Waals surface area contributed by atoms with Crippen molar-refractivity contribution in [3.63, 3.8) is 0 Å². The molecule has 0 bridgehead atoms. The maximum atomic E-state index is 13.8. The topological polar surface area (TPSA) is 40.6 Å². The third-order valence-electron chi connectivity index (χ3n) is 6.74. The lowest BCUT2D eigenvalue weighted by atomic mass is 9.65. The van der Waals surface area contributed by atoms with E-state index < -0.39 is 5.54 Å². The average Bonchev–Trinajstić information content (AvgIpc) is 3.19. The van der Waals surface area contributed by atoms with Gasteiger partial charge in [0.2, 0.25) is 0 Å². The summed E-state index contributed by atoms with van der Waals surface area (Å²) in [5.41, 5.74) is 3.98. The van der Waals surface area contributed by atoms with Crippen LogP contribution in [0.25, 0.3) is 5.57 Å². The van der Waals surface area contributed by atoms with Crippen LogP contribution in [0.15, 0.2) is 53.4 Å². The second kappa shape index (κ2) is 6.78. The number of carbonyl (C=O) groups excluding carboxylic acids is 2. The van der Waals surface area contributed by atoms with Crippen molar-refractivity contribution in [2.45, 2.75) is 45.1 Å². The first-order valence-electron chi connectivity index (χ1n) is 10.5. The first kappa shape index (κ1) is 20.5. The van der Waals surface area contributed by atoms with Crippen LogP contribution in [0.4, 0.5) is 5.69 Å². The van der Waals surface area contributed by atoms with E-state index in [4.69, 9.17) is 12.2 Å². The average molecular weight is 449 g/mol. The Hall–Kier alpha value is -2.44. The Morgan fingerprint density at radius 1 is 1.00 bits per heavy atom. The van der Waals surface area contributed by atoms with Crippen LogP contribution < -0.4 is 4.90 Å². The van der Waals surface area contributed by atoms with Crippen LogP contribution in [0.1, 0.15) is 50.8 Å². The molecule has 6 heteroatoms. The Morgan fingerprint density at radius 2 is 1.71 bits per heavy atom. The summed E-state index contributed by atoms with van der Waals surface area (Å²) in [6, 6.07) is 16.6. The van der Waals surface area contributed by atoms with Crippen LogP contribution in [0.3, 0.4) is 0 Å². The number of para-hydroxylation sites is 1. The fraction of sp³-hybridized carbons (Fsp3) is 0.320. The second-order valence-electron chi connectivity index (χ2n) is 9.15. The highest BCUT2D eigenvalue weighted by Gasteiger charge is 2.54. The van der Waals surface area contributed by atoms with Crippen LogP contribution in [0.2, 0.25) is 0 Å². The zero-order valence-corrected chi connectivity index (χ0v) is 19.7. The predicted octanol–water partition coefficient (Wildman–Crippen LogP) is 5.11. The number of rotatable bonds is 2. The van der Waals surface area contributed by atoms with E-state index in [0.717, 1.165) is 23.2 Å². The highest BCUT2D eigenvalue weighted by Crippen LogP contribution is 2.57. The minimum atomic E-state index is -0.412. The monoisotopic (exact) mass is 448 g/mol. The molecule has 0 saturated carbocycles. The lowest BCUT2D eigenvalue weighted by Gasteiger charge is -2.49. The fourth-order valence-corrected chi connectivity index (χ4v) is 6.94. The van der Waals surface area contributed by atoms with Gasteiger partial charge in [0.15, 0.2) is 0 Å². The van der Waals surface area contributed by atoms with Crippen LogP contribution >= 0.6 is 24.0 Å². The molecule has 2 amide bonds. The van der Waals surface area contributed by atoms with E-state index in [1.54, 1.807) is 4.90 Å². The molecule has 3 aliphatic heterocycles. The fourth-order valence-electron chi connectivity index (χ4n) is 5.48. The maximum absolute atomic E-state index is 13.8. The smallest absolute Gasteiger partial charge is 0.266 e. The Morgan fingerprint density at radius 3 is 2.35 bits per heavy atom. The molecular weight excluding hydrogens is 424 g/mol. The van der Waals surface area contributed by atoms with Crippen molar-refractivity contribution in [3.8, 4) is 0 Å². The van der Waals surface area contributed by atoms with Crippen molar-refractivity contribution in [1.29, 1.82) is 0 Å². The molecule has 4 nitrogen and oxygen atoms in total. The van der Waals surface area contributed by atoms with Gasteiger partial charge in [0.05, 0.1) is 16.2 Å². The normalized spacial score (nSPS) is 26.6. The number of amides is 2. The van der Waals surface area contributed by atoms with Gasteiger partial charge in [-0.2, -0.15) is 0 Å². The van der Waals surface area contributed by atoms with Crippen LogP contribution in [-0.2, 0) is 15.0 Å². The zero-order chi connectivity index (χ0) is 22.1. The Kier molecular flexibility index (Phi) is 4.47. The van der Waals surface area contributed by atoms with E-state index in [1.165, 1.54) is 17.3 Å². The van der Waals surface area contributed by atoms with Crippen molar-refractivity contribution >= 4 is 51.4 Å². The summed E-state index contributed by atoms with van der Waals surface area (Å²) in [4.78, 5) is 30.8. The highest BCUT2D eigenvalue weighted by molar-refractivity contribution is 8.26. The molecule has 3 heterocycles. The predicted molar refractivity (Wildman–Crippen MR) is 130 cm³/mol. The number of hydrogen-bond acceptors (Lipinski definition) is 4. The Bertz CT molecular complexity index is 1190. The molecule has 1 unspecified atom stereocenters. The van der Waals surface area contributed by atoms with Crippen molar-refractivity contribution in [2.24, 2.45) is 0 Å². The molecule has 3 aliphatic rings. The molecule has 0 aliphatic carbocycles. The number of benzene rings is 2. The standard InChI is InChI=1S/C25H24N2O2S2/c1-5-26-22(29)20(31-23(26)30)18-16-12-9-13-17-19(16)27(21(18)28)24(2,3)14-25(17,4)15-10-7-6-8-11-15/h6-13H,5,14H2,1-4H3. The molecule has 2 aromatic rings. The first-order valence-corrected chi connectivity index (χ1v) is 11.7. The van der Waals surface area contributed by atoms with E-state index in [2.05, 4.69) is 51.1 Å². The van der Waals surface area contributed by atoms with Gasteiger partial charge in [-0.05, 0) is 38.3 Å². The summed E-state index contributed by atoms with van der Waals surface area (Å²) >= 11 is 6.66. The van der Waals surface area contributed by atoms with Gasteiger partial charge in [-0.15, -0.1) is 0 Å². The van der Waals surface area contributed by atoms with Gasteiger partial charge < -0.3 is 4.90 Å². The minimum Gasteiger partial charge on any atom is -0.302 e. The summed E-state index contributed by atoms with van der Waals surface area (Å²) in [5.74, 6) is -0.263. The number of thiocarbonyl (C=S) groups is 1. The van der Waals surface area contributed by atoms with Gasteiger partial charge in [0, 0.05) is 23.1 Å². The molecule has 2 aromatic carbocycles. The molecule has 1 atom stereocenters. The van der Waals surface area contributed by atoms with Gasteiger partial charge in [0.1, 0.15) is 4.32 Å². The van der Waals surface area contributed by atoms with Gasteiger partial charge >= 0.3 is 0 Å². The zero-order valence-electron chi connectivity index (χ0n) is 18.1. The molecule has 31 heavy (non-hydrogen) atoms. The third kappa shape index (κ3) is 2.71. The summed E-state index contributed by atoms with van der Waals surface area (Å²) < 4.78 is 0.516. The summed E-state index contributed by atoms with van der Waals surface area (Å²) in [6.45, 7) is 8.90. The number of thioether (sulfide) groups is 1. The summed E-state index contributed by atoms with van der Waals surface area (Å²) in [7, 11) is 0. The molecule has 1 saturated heterocycles. The lowest BCUT2D eigenvalue weighted by Crippen LogP contribution is -2.54. The van der Waals surface area contributed by atoms with Gasteiger partial charge in [0.25, 0.3) is 11.8 Å². The lowest BCUT2D eigenvalue weighted by molar-refractivity contribution is -0.122. The van der Waals surface area contributed by atoms with E-state index in [9.17, 15) is 9.59 Å². The maximum Gasteiger partial charge on any atom is 0.266 e. The van der Waals surface area contributed by atoms with Crippen LogP contribution in [0, 0.1) is 0 Å². The van der Waals surface area contributed by atoms with Gasteiger partial charge in [-0.25, -0.2) is 0 Å². The first-order chi connectivity index (χ1) is 14.7. The van der Waals surface area contributed by atoms with Crippen molar-refractivity contribution in [2.75, 3.05) is 11.4 Å². The van der Waals surface area contributed by atoms with Crippen molar-refractivity contribution in [1.82, 2.24) is 4.90 Å². The SMILES string of the molecule is CCN1C(=O)C(=C2C(=O)N3c4c2cccc4C(C)(c2ccccc2)CC3(C)C)SC1=S. The largest absolute Gasteiger partial charge is 0.302 e. The number of hydrogen-bond donors (Lipinski definition) is 0. The Labute approximate surface area is 192 Å². The van der Waals surface area contributed by atoms with Gasteiger partial charge in [-0.3, -0.25) is 14.5 Å². The molecular formula is C25H24N2O2S2. The highest BCUT2D eigenvalue weighted by atomic mass is 32.2. The van der Waals surface area contributed by atoms with E-state index in [1.807, 2.05) is 30.0 Å². The van der Waals surface area contributed by atoms with E-state index in [-0.39, 0.29) is 17.2 Å². The molecule has 0 N–H and O–H groups in total. The quantitative estimate of drug-likeness (QED) is 0.473. The van der Waals surface area contributed by atoms with Crippen molar-refractivity contribution < 1.29 is 9.59 Å². The van der Waals surface area contributed by atoms with Gasteiger partial charge in [-0.1, -0.05) is 79.4 Å². The third-order valence-corrected chi connectivity index (χ3v) is 8.18. The minimum absolute atomic E-state index is 0.0980. The summed E-state index contributed by atoms with van der Waals surface area (Å²) in [5, 5.41) is 0. The van der Waals surface area contributed by atoms with Crippen LogP contribution in [-0.4, -0.2) is 33.1 Å². The summed E-state index contributed by atoms with van der Waals surface area (Å²) in [6.07, 6.45) is 0.787.